The van der Waals surface area contributed by atoms with Crippen molar-refractivity contribution in [1.82, 2.24) is 9.80 Å². The maximum absolute atomic E-state index is 13.7. The molecule has 2 saturated heterocycles. The van der Waals surface area contributed by atoms with Gasteiger partial charge in [0.1, 0.15) is 12.3 Å². The van der Waals surface area contributed by atoms with Crippen molar-refractivity contribution in [3.63, 3.8) is 0 Å². The number of ether oxygens (including phenoxy) is 1. The number of amides is 2. The van der Waals surface area contributed by atoms with Crippen LogP contribution in [0.25, 0.3) is 0 Å². The van der Waals surface area contributed by atoms with Crippen LogP contribution in [0.3, 0.4) is 0 Å². The third-order valence-electron chi connectivity index (χ3n) is 9.09. The average Bonchev–Trinajstić information content (AvgIpc) is 3.40. The first-order valence-electron chi connectivity index (χ1n) is 15.6. The summed E-state index contributed by atoms with van der Waals surface area (Å²) in [7, 11) is -3.02. The number of β-lactam (4-membered cyclic amide) rings is 1. The lowest BCUT2D eigenvalue weighted by Gasteiger charge is -2.50. The normalized spacial score (nSPS) is 27.1. The number of fused-ring (bicyclic) bond motifs is 1. The van der Waals surface area contributed by atoms with Crippen molar-refractivity contribution in [3.05, 3.63) is 35.6 Å². The Kier molecular flexibility index (Phi) is 10.7. The smallest absolute Gasteiger partial charge is 0.412 e. The first-order chi connectivity index (χ1) is 19.7. The number of hydrogen-bond acceptors (Lipinski definition) is 6. The Balaban J connectivity index is 2.07. The molecule has 1 N–H and O–H groups in total. The van der Waals surface area contributed by atoms with Crippen LogP contribution in [0.15, 0.2) is 35.6 Å². The van der Waals surface area contributed by atoms with Crippen molar-refractivity contribution in [3.8, 4) is 0 Å². The number of nitrogens with zero attached hydrogens (tertiary/aromatic N) is 2. The summed E-state index contributed by atoms with van der Waals surface area (Å²) < 4.78 is 18.4. The van der Waals surface area contributed by atoms with Crippen molar-refractivity contribution >= 4 is 36.1 Å². The van der Waals surface area contributed by atoms with E-state index >= 15 is 0 Å². The van der Waals surface area contributed by atoms with Gasteiger partial charge in [-0.15, -0.1) is 0 Å². The van der Waals surface area contributed by atoms with Gasteiger partial charge >= 0.3 is 12.1 Å². The number of aliphatic carboxylic acids is 1. The topological polar surface area (TPSA) is 106 Å². The van der Waals surface area contributed by atoms with Crippen LogP contribution in [-0.4, -0.2) is 82.5 Å². The Bertz CT molecular complexity index is 1170. The number of allylic oxidation sites excluding steroid dienone is 1. The average molecular weight is 635 g/mol. The molecule has 0 aromatic carbocycles. The fourth-order valence-corrected chi connectivity index (χ4v) is 8.46. The van der Waals surface area contributed by atoms with E-state index < -0.39 is 35.9 Å². The Hall–Kier alpha value is -2.22. The number of carboxylic acid groups (broad SMARTS) is 1. The first-order valence-corrected chi connectivity index (χ1v) is 21.1. The van der Waals surface area contributed by atoms with E-state index in [9.17, 15) is 19.5 Å². The van der Waals surface area contributed by atoms with E-state index in [4.69, 9.17) is 13.6 Å². The molecule has 2 fully saturated rings. The lowest BCUT2D eigenvalue weighted by Crippen LogP contribution is -2.63. The van der Waals surface area contributed by atoms with Gasteiger partial charge in [0.15, 0.2) is 23.8 Å². The van der Waals surface area contributed by atoms with Crippen LogP contribution in [0.5, 0.6) is 0 Å². The molecule has 242 valence electrons. The fourth-order valence-electron chi connectivity index (χ4n) is 6.76. The summed E-state index contributed by atoms with van der Waals surface area (Å²) in [4.78, 5) is 42.9. The highest BCUT2D eigenvalue weighted by molar-refractivity contribution is 6.48. The van der Waals surface area contributed by atoms with Crippen LogP contribution in [0.4, 0.5) is 4.79 Å². The Morgan fingerprint density at radius 3 is 2.26 bits per heavy atom. The van der Waals surface area contributed by atoms with E-state index in [1.165, 1.54) is 11.0 Å². The number of carboxylic acids is 1. The van der Waals surface area contributed by atoms with Crippen molar-refractivity contribution < 1.29 is 33.1 Å². The summed E-state index contributed by atoms with van der Waals surface area (Å²) in [5.74, 6) is -1.50. The van der Waals surface area contributed by atoms with Gasteiger partial charge in [0, 0.05) is 19.6 Å². The van der Waals surface area contributed by atoms with Crippen molar-refractivity contribution in [2.75, 3.05) is 19.8 Å². The molecule has 0 spiro atoms. The minimum absolute atomic E-state index is 0.0334. The molecule has 0 aromatic heterocycles. The molecule has 0 aliphatic carbocycles. The van der Waals surface area contributed by atoms with E-state index in [2.05, 4.69) is 74.3 Å². The number of hydrogen-bond donors (Lipinski definition) is 1. The van der Waals surface area contributed by atoms with Gasteiger partial charge in [0.2, 0.25) is 5.91 Å². The second-order valence-corrected chi connectivity index (χ2v) is 19.8. The van der Waals surface area contributed by atoms with Gasteiger partial charge in [-0.2, -0.15) is 0 Å². The summed E-state index contributed by atoms with van der Waals surface area (Å²) in [6, 6.07) is -0.241. The standard InChI is InChI=1S/C32H54N2O7Si2/c1-13-14-39-29(38)33-18-21(30(3,4)5)17-32(33,41-43(11)12)16-20(2)22-15-24-25(27(35)34(24)26(22)28(36)37)23(31(6,7)8)19-40-42(9)10/h13,16,21,23-25,42-43H,1,14-15,17-19H2,2-12H3,(H,36,37)/t21-,23+,24+,25-,32+/m0/s1. The molecular formula is C32H54N2O7Si2. The molecule has 0 radical (unpaired) electrons. The molecule has 0 bridgehead atoms. The maximum Gasteiger partial charge on any atom is 0.412 e. The molecule has 3 aliphatic rings. The zero-order chi connectivity index (χ0) is 32.7. The molecule has 3 heterocycles. The van der Waals surface area contributed by atoms with Gasteiger partial charge in [-0.05, 0) is 79.4 Å². The van der Waals surface area contributed by atoms with E-state index in [0.717, 1.165) is 0 Å². The molecule has 3 aliphatic heterocycles. The highest BCUT2D eigenvalue weighted by Gasteiger charge is 2.60. The quantitative estimate of drug-likeness (QED) is 0.180. The molecule has 43 heavy (non-hydrogen) atoms. The van der Waals surface area contributed by atoms with Crippen LogP contribution >= 0.6 is 0 Å². The predicted molar refractivity (Wildman–Crippen MR) is 173 cm³/mol. The molecule has 0 unspecified atom stereocenters. The third-order valence-corrected chi connectivity index (χ3v) is 10.8. The number of likely N-dealkylation sites (tertiary alicyclic amines) is 1. The molecule has 0 aromatic rings. The van der Waals surface area contributed by atoms with E-state index in [-0.39, 0.29) is 52.8 Å². The van der Waals surface area contributed by atoms with Gasteiger partial charge in [-0.3, -0.25) is 9.69 Å². The second-order valence-electron chi connectivity index (χ2n) is 15.1. The summed E-state index contributed by atoms with van der Waals surface area (Å²) in [5.41, 5.74) is -0.00938. The molecule has 9 nitrogen and oxygen atoms in total. The summed E-state index contributed by atoms with van der Waals surface area (Å²) in [6.45, 7) is 27.7. The fraction of sp³-hybridized carbons (Fsp3) is 0.719. The minimum atomic E-state index is -1.71. The van der Waals surface area contributed by atoms with Gasteiger partial charge in [-0.1, -0.05) is 54.2 Å². The largest absolute Gasteiger partial charge is 0.477 e. The molecule has 2 amide bonds. The molecular weight excluding hydrogens is 581 g/mol. The predicted octanol–water partition coefficient (Wildman–Crippen LogP) is 5.55. The van der Waals surface area contributed by atoms with Gasteiger partial charge in [-0.25, -0.2) is 9.59 Å². The lowest BCUT2D eigenvalue weighted by atomic mass is 9.66. The third kappa shape index (κ3) is 7.37. The van der Waals surface area contributed by atoms with Crippen LogP contribution in [0.2, 0.25) is 26.2 Å². The van der Waals surface area contributed by atoms with Gasteiger partial charge < -0.3 is 23.6 Å². The van der Waals surface area contributed by atoms with E-state index in [0.29, 0.717) is 37.1 Å². The van der Waals surface area contributed by atoms with Gasteiger partial charge in [0.05, 0.1) is 12.0 Å². The SMILES string of the molecule is C=CCOC(=O)N1C[C@@H](C(C)(C)C)C[C@@]1(C=C(C)C1=C(C(=O)O)N2C(=O)[C@@H]([C@@H](CO[SiH](C)C)C(C)(C)C)[C@H]2C1)O[SiH](C)C. The Morgan fingerprint density at radius 1 is 1.14 bits per heavy atom. The second kappa shape index (κ2) is 13.0. The number of carbonyl (C=O) groups is 3. The van der Waals surface area contributed by atoms with Crippen LogP contribution < -0.4 is 0 Å². The first kappa shape index (κ1) is 35.3. The number of carbonyl (C=O) groups excluding carboxylic acids is 2. The van der Waals surface area contributed by atoms with E-state index in [1.54, 1.807) is 4.90 Å². The Morgan fingerprint density at radius 2 is 1.77 bits per heavy atom. The Labute approximate surface area is 261 Å². The zero-order valence-corrected chi connectivity index (χ0v) is 30.5. The summed E-state index contributed by atoms with van der Waals surface area (Å²) in [6.07, 6.45) is 3.99. The van der Waals surface area contributed by atoms with Crippen LogP contribution in [0, 0.1) is 28.6 Å². The number of rotatable bonds is 11. The molecule has 0 saturated carbocycles. The molecule has 3 rings (SSSR count). The zero-order valence-electron chi connectivity index (χ0n) is 28.2. The van der Waals surface area contributed by atoms with Crippen molar-refractivity contribution in [2.45, 2.75) is 99.3 Å². The maximum atomic E-state index is 13.7. The molecule has 11 heteroatoms. The van der Waals surface area contributed by atoms with Crippen LogP contribution in [0.1, 0.15) is 61.3 Å². The highest BCUT2D eigenvalue weighted by atomic mass is 28.3. The monoisotopic (exact) mass is 634 g/mol. The van der Waals surface area contributed by atoms with Crippen molar-refractivity contribution in [2.24, 2.45) is 28.6 Å². The molecule has 5 atom stereocenters. The van der Waals surface area contributed by atoms with E-state index in [1.807, 2.05) is 13.0 Å². The summed E-state index contributed by atoms with van der Waals surface area (Å²) in [5, 5.41) is 10.4. The van der Waals surface area contributed by atoms with Crippen molar-refractivity contribution in [1.29, 1.82) is 0 Å². The minimum Gasteiger partial charge on any atom is -0.477 e. The summed E-state index contributed by atoms with van der Waals surface area (Å²) >= 11 is 0. The van der Waals surface area contributed by atoms with Crippen LogP contribution in [-0.2, 0) is 23.2 Å². The lowest BCUT2D eigenvalue weighted by molar-refractivity contribution is -0.162. The highest BCUT2D eigenvalue weighted by Crippen LogP contribution is 2.52. The van der Waals surface area contributed by atoms with Gasteiger partial charge in [0.25, 0.3) is 0 Å².